The zero-order valence-electron chi connectivity index (χ0n) is 15.2. The maximum atomic E-state index is 11.9. The Labute approximate surface area is 166 Å². The molecule has 3 aromatic heterocycles. The Morgan fingerprint density at radius 1 is 1.04 bits per heavy atom. The van der Waals surface area contributed by atoms with Gasteiger partial charge in [-0.3, -0.25) is 4.79 Å². The Morgan fingerprint density at radius 2 is 1.86 bits per heavy atom. The fraction of sp³-hybridized carbons (Fsp3) is 0.333. The second-order valence-electron chi connectivity index (χ2n) is 6.73. The zero-order valence-corrected chi connectivity index (χ0v) is 16.0. The predicted molar refractivity (Wildman–Crippen MR) is 106 cm³/mol. The first kappa shape index (κ1) is 18.3. The van der Waals surface area contributed by atoms with Crippen LogP contribution in [0, 0.1) is 6.92 Å². The predicted octanol–water partition coefficient (Wildman–Crippen LogP) is 2.22. The van der Waals surface area contributed by atoms with Gasteiger partial charge in [0.15, 0.2) is 0 Å². The van der Waals surface area contributed by atoms with Crippen LogP contribution in [-0.2, 0) is 0 Å². The van der Waals surface area contributed by atoms with Crippen LogP contribution < -0.4 is 16.2 Å². The van der Waals surface area contributed by atoms with E-state index in [1.807, 2.05) is 13.0 Å². The molecule has 0 aromatic carbocycles. The van der Waals surface area contributed by atoms with Gasteiger partial charge < -0.3 is 10.6 Å². The van der Waals surface area contributed by atoms with Crippen molar-refractivity contribution < 1.29 is 0 Å². The number of rotatable bonds is 5. The molecular formula is C18H19ClN8O. The standard InChI is InChI=1S/C18H19ClN8O/c1-11-9-21-18(25-24-11)23-13-3-2-12(8-13)22-16-6-4-14(10-20-16)27-17(28)7-5-15(19)26-27/h4-7,9-10,12-13H,2-3,8H2,1H3,(H,20,22)(H,21,23,25)/t12-,13-/m0/s1. The summed E-state index contributed by atoms with van der Waals surface area (Å²) in [5, 5.41) is 19.1. The van der Waals surface area contributed by atoms with Crippen LogP contribution in [0.25, 0.3) is 5.69 Å². The van der Waals surface area contributed by atoms with Gasteiger partial charge in [0.1, 0.15) is 11.0 Å². The lowest BCUT2D eigenvalue weighted by Gasteiger charge is -2.15. The van der Waals surface area contributed by atoms with Crippen LogP contribution in [0.1, 0.15) is 25.0 Å². The molecular weight excluding hydrogens is 380 g/mol. The van der Waals surface area contributed by atoms with E-state index in [2.05, 4.69) is 35.9 Å². The highest BCUT2D eigenvalue weighted by Crippen LogP contribution is 2.24. The van der Waals surface area contributed by atoms with Crippen LogP contribution in [0.4, 0.5) is 11.8 Å². The molecule has 144 valence electrons. The molecule has 10 heteroatoms. The van der Waals surface area contributed by atoms with Crippen LogP contribution in [0.5, 0.6) is 0 Å². The molecule has 0 aliphatic heterocycles. The first-order valence-electron chi connectivity index (χ1n) is 8.98. The summed E-state index contributed by atoms with van der Waals surface area (Å²) in [5.41, 5.74) is 1.10. The van der Waals surface area contributed by atoms with Gasteiger partial charge in [0.05, 0.1) is 23.8 Å². The van der Waals surface area contributed by atoms with E-state index >= 15 is 0 Å². The molecule has 1 aliphatic carbocycles. The van der Waals surface area contributed by atoms with Crippen LogP contribution >= 0.6 is 11.6 Å². The largest absolute Gasteiger partial charge is 0.367 e. The molecule has 1 fully saturated rings. The van der Waals surface area contributed by atoms with Crippen LogP contribution in [-0.4, -0.2) is 42.0 Å². The summed E-state index contributed by atoms with van der Waals surface area (Å²) in [6.07, 6.45) is 6.25. The van der Waals surface area contributed by atoms with E-state index in [0.29, 0.717) is 17.7 Å². The molecule has 0 bridgehead atoms. The molecule has 9 nitrogen and oxygen atoms in total. The lowest BCUT2D eigenvalue weighted by atomic mass is 10.2. The molecule has 4 rings (SSSR count). The lowest BCUT2D eigenvalue weighted by molar-refractivity contribution is 0.712. The van der Waals surface area contributed by atoms with E-state index in [4.69, 9.17) is 11.6 Å². The molecule has 1 saturated carbocycles. The third kappa shape index (κ3) is 4.25. The Hall–Kier alpha value is -3.07. The molecule has 0 radical (unpaired) electrons. The number of halogens is 1. The maximum absolute atomic E-state index is 11.9. The summed E-state index contributed by atoms with van der Waals surface area (Å²) < 4.78 is 1.23. The van der Waals surface area contributed by atoms with Crippen molar-refractivity contribution in [2.24, 2.45) is 0 Å². The third-order valence-electron chi connectivity index (χ3n) is 4.55. The minimum absolute atomic E-state index is 0.249. The van der Waals surface area contributed by atoms with Gasteiger partial charge in [-0.25, -0.2) is 9.97 Å². The quantitative estimate of drug-likeness (QED) is 0.673. The summed E-state index contributed by atoms with van der Waals surface area (Å²) in [5.74, 6) is 1.30. The van der Waals surface area contributed by atoms with E-state index in [1.54, 1.807) is 18.5 Å². The normalized spacial score (nSPS) is 18.8. The van der Waals surface area contributed by atoms with E-state index in [1.165, 1.54) is 16.8 Å². The van der Waals surface area contributed by atoms with Crippen molar-refractivity contribution >= 4 is 23.4 Å². The summed E-state index contributed by atoms with van der Waals surface area (Å²) in [4.78, 5) is 20.6. The number of pyridine rings is 1. The Balaban J connectivity index is 1.36. The van der Waals surface area contributed by atoms with E-state index in [-0.39, 0.29) is 16.8 Å². The molecule has 0 amide bonds. The van der Waals surface area contributed by atoms with E-state index in [0.717, 1.165) is 30.8 Å². The Bertz CT molecular complexity index is 1010. The van der Waals surface area contributed by atoms with Crippen molar-refractivity contribution in [1.82, 2.24) is 29.9 Å². The number of hydrogen-bond donors (Lipinski definition) is 2. The Morgan fingerprint density at radius 3 is 2.57 bits per heavy atom. The number of aromatic nitrogens is 6. The minimum Gasteiger partial charge on any atom is -0.367 e. The number of hydrogen-bond acceptors (Lipinski definition) is 8. The van der Waals surface area contributed by atoms with Gasteiger partial charge >= 0.3 is 0 Å². The molecule has 0 spiro atoms. The first-order chi connectivity index (χ1) is 13.6. The van der Waals surface area contributed by atoms with Gasteiger partial charge in [-0.1, -0.05) is 11.6 Å². The fourth-order valence-electron chi connectivity index (χ4n) is 3.20. The van der Waals surface area contributed by atoms with Gasteiger partial charge in [0.2, 0.25) is 5.95 Å². The molecule has 2 N–H and O–H groups in total. The highest BCUT2D eigenvalue weighted by molar-refractivity contribution is 6.29. The van der Waals surface area contributed by atoms with E-state index in [9.17, 15) is 4.79 Å². The third-order valence-corrected chi connectivity index (χ3v) is 4.76. The summed E-state index contributed by atoms with van der Waals surface area (Å²) in [6.45, 7) is 1.86. The van der Waals surface area contributed by atoms with Gasteiger partial charge in [-0.15, -0.1) is 5.10 Å². The number of nitrogens with one attached hydrogen (secondary N) is 2. The van der Waals surface area contributed by atoms with Gasteiger partial charge in [-0.05, 0) is 44.4 Å². The second-order valence-corrected chi connectivity index (χ2v) is 7.11. The molecule has 3 aromatic rings. The highest BCUT2D eigenvalue weighted by atomic mass is 35.5. The van der Waals surface area contributed by atoms with Crippen molar-refractivity contribution in [2.75, 3.05) is 10.6 Å². The summed E-state index contributed by atoms with van der Waals surface area (Å²) in [6, 6.07) is 7.04. The van der Waals surface area contributed by atoms with Gasteiger partial charge in [0, 0.05) is 18.2 Å². The van der Waals surface area contributed by atoms with Crippen molar-refractivity contribution in [3.05, 3.63) is 57.9 Å². The van der Waals surface area contributed by atoms with Crippen molar-refractivity contribution in [1.29, 1.82) is 0 Å². The van der Waals surface area contributed by atoms with Crippen LogP contribution in [0.3, 0.4) is 0 Å². The number of anilines is 2. The minimum atomic E-state index is -0.260. The maximum Gasteiger partial charge on any atom is 0.271 e. The topological polar surface area (TPSA) is 111 Å². The van der Waals surface area contributed by atoms with Crippen molar-refractivity contribution in [3.8, 4) is 5.69 Å². The average molecular weight is 399 g/mol. The van der Waals surface area contributed by atoms with Crippen LogP contribution in [0.15, 0.2) is 41.5 Å². The second kappa shape index (κ2) is 7.89. The number of aryl methyl sites for hydroxylation is 1. The van der Waals surface area contributed by atoms with Crippen molar-refractivity contribution in [3.63, 3.8) is 0 Å². The molecule has 2 atom stereocenters. The lowest BCUT2D eigenvalue weighted by Crippen LogP contribution is -2.22. The SMILES string of the molecule is Cc1cnc(N[C@H]2CC[C@H](Nc3ccc(-n4nc(Cl)ccc4=O)cn3)C2)nn1. The van der Waals surface area contributed by atoms with Crippen molar-refractivity contribution in [2.45, 2.75) is 38.3 Å². The summed E-state index contributed by atoms with van der Waals surface area (Å²) >= 11 is 5.87. The van der Waals surface area contributed by atoms with Crippen LogP contribution in [0.2, 0.25) is 5.15 Å². The summed E-state index contributed by atoms with van der Waals surface area (Å²) in [7, 11) is 0. The monoisotopic (exact) mass is 398 g/mol. The van der Waals surface area contributed by atoms with E-state index < -0.39 is 0 Å². The molecule has 0 saturated heterocycles. The average Bonchev–Trinajstić information content (AvgIpc) is 3.13. The molecule has 28 heavy (non-hydrogen) atoms. The molecule has 3 heterocycles. The molecule has 1 aliphatic rings. The number of nitrogens with zero attached hydrogens (tertiary/aromatic N) is 6. The smallest absolute Gasteiger partial charge is 0.271 e. The highest BCUT2D eigenvalue weighted by Gasteiger charge is 2.25. The van der Waals surface area contributed by atoms with Gasteiger partial charge in [0.25, 0.3) is 5.56 Å². The fourth-order valence-corrected chi connectivity index (χ4v) is 3.34. The molecule has 0 unspecified atom stereocenters. The first-order valence-corrected chi connectivity index (χ1v) is 9.36. The zero-order chi connectivity index (χ0) is 19.5. The Kier molecular flexibility index (Phi) is 5.16. The van der Waals surface area contributed by atoms with Gasteiger partial charge in [-0.2, -0.15) is 14.9 Å².